The van der Waals surface area contributed by atoms with Crippen LogP contribution in [0.2, 0.25) is 0 Å². The van der Waals surface area contributed by atoms with Crippen LogP contribution in [0, 0.1) is 0 Å². The molecule has 2 atom stereocenters. The van der Waals surface area contributed by atoms with E-state index < -0.39 is 29.6 Å². The van der Waals surface area contributed by atoms with Crippen LogP contribution >= 0.6 is 0 Å². The number of hydrogen-bond acceptors (Lipinski definition) is 3. The van der Waals surface area contributed by atoms with Crippen molar-refractivity contribution >= 4 is 11.8 Å². The standard InChI is InChI=1S/C10H16F3N3O2/c1-5(7(17)16-6-3-4-6)15-8(18)9(2,14)10(11,12)13/h5-6H,3-4,14H2,1-2H3,(H,15,18)(H,16,17). The second-order valence-electron chi connectivity index (χ2n) is 4.68. The molecule has 2 unspecified atom stereocenters. The van der Waals surface area contributed by atoms with Crippen LogP contribution < -0.4 is 16.4 Å². The molecule has 8 heteroatoms. The molecule has 0 saturated heterocycles. The number of alkyl halides is 3. The fourth-order valence-corrected chi connectivity index (χ4v) is 1.09. The highest BCUT2D eigenvalue weighted by Crippen LogP contribution is 2.28. The van der Waals surface area contributed by atoms with Gasteiger partial charge in [-0.2, -0.15) is 13.2 Å². The third kappa shape index (κ3) is 3.34. The number of carbonyl (C=O) groups is 2. The molecular weight excluding hydrogens is 251 g/mol. The Balaban J connectivity index is 2.55. The molecule has 0 spiro atoms. The lowest BCUT2D eigenvalue weighted by Gasteiger charge is -2.27. The van der Waals surface area contributed by atoms with Gasteiger partial charge in [-0.05, 0) is 26.7 Å². The normalized spacial score (nSPS) is 20.8. The minimum absolute atomic E-state index is 0.0729. The molecule has 0 aliphatic heterocycles. The van der Waals surface area contributed by atoms with Gasteiger partial charge in [0.25, 0.3) is 0 Å². The monoisotopic (exact) mass is 267 g/mol. The van der Waals surface area contributed by atoms with Crippen molar-refractivity contribution in [1.82, 2.24) is 10.6 Å². The van der Waals surface area contributed by atoms with E-state index in [4.69, 9.17) is 5.73 Å². The highest BCUT2D eigenvalue weighted by molar-refractivity contribution is 5.92. The van der Waals surface area contributed by atoms with E-state index in [-0.39, 0.29) is 6.04 Å². The van der Waals surface area contributed by atoms with Crippen LogP contribution in [-0.4, -0.2) is 35.6 Å². The van der Waals surface area contributed by atoms with E-state index in [0.29, 0.717) is 6.92 Å². The summed E-state index contributed by atoms with van der Waals surface area (Å²) in [7, 11) is 0. The van der Waals surface area contributed by atoms with Gasteiger partial charge in [-0.25, -0.2) is 0 Å². The first kappa shape index (κ1) is 14.7. The van der Waals surface area contributed by atoms with Crippen molar-refractivity contribution in [1.29, 1.82) is 0 Å². The van der Waals surface area contributed by atoms with Crippen LogP contribution in [0.3, 0.4) is 0 Å². The summed E-state index contributed by atoms with van der Waals surface area (Å²) in [5.74, 6) is -1.93. The van der Waals surface area contributed by atoms with Crippen molar-refractivity contribution in [2.24, 2.45) is 5.73 Å². The second-order valence-corrected chi connectivity index (χ2v) is 4.68. The summed E-state index contributed by atoms with van der Waals surface area (Å²) in [6, 6.07) is -0.980. The molecule has 0 heterocycles. The molecule has 1 saturated carbocycles. The van der Waals surface area contributed by atoms with Gasteiger partial charge < -0.3 is 16.4 Å². The molecule has 1 aliphatic carbocycles. The zero-order chi connectivity index (χ0) is 14.1. The zero-order valence-corrected chi connectivity index (χ0v) is 10.1. The molecule has 18 heavy (non-hydrogen) atoms. The van der Waals surface area contributed by atoms with Crippen molar-refractivity contribution < 1.29 is 22.8 Å². The van der Waals surface area contributed by atoms with Crippen molar-refractivity contribution in [2.45, 2.75) is 50.5 Å². The summed E-state index contributed by atoms with van der Waals surface area (Å²) in [4.78, 5) is 22.8. The lowest BCUT2D eigenvalue weighted by molar-refractivity contribution is -0.188. The molecule has 5 nitrogen and oxygen atoms in total. The molecule has 104 valence electrons. The Morgan fingerprint density at radius 2 is 1.83 bits per heavy atom. The molecular formula is C10H16F3N3O2. The van der Waals surface area contributed by atoms with Crippen LogP contribution in [0.5, 0.6) is 0 Å². The quantitative estimate of drug-likeness (QED) is 0.673. The Bertz CT molecular complexity index is 351. The molecule has 4 N–H and O–H groups in total. The lowest BCUT2D eigenvalue weighted by Crippen LogP contribution is -2.63. The Kier molecular flexibility index (Phi) is 3.89. The van der Waals surface area contributed by atoms with Gasteiger partial charge in [-0.15, -0.1) is 0 Å². The van der Waals surface area contributed by atoms with E-state index >= 15 is 0 Å². The number of amides is 2. The summed E-state index contributed by atoms with van der Waals surface area (Å²) in [5, 5.41) is 4.54. The maximum absolute atomic E-state index is 12.5. The summed E-state index contributed by atoms with van der Waals surface area (Å²) in [5.41, 5.74) is 1.92. The molecule has 0 bridgehead atoms. The molecule has 0 aromatic heterocycles. The van der Waals surface area contributed by atoms with E-state index in [1.165, 1.54) is 6.92 Å². The summed E-state index contributed by atoms with van der Waals surface area (Å²) < 4.78 is 37.4. The highest BCUT2D eigenvalue weighted by atomic mass is 19.4. The Hall–Kier alpha value is -1.31. The number of carbonyl (C=O) groups excluding carboxylic acids is 2. The van der Waals surface area contributed by atoms with Crippen LogP contribution in [0.25, 0.3) is 0 Å². The van der Waals surface area contributed by atoms with Gasteiger partial charge in [-0.3, -0.25) is 9.59 Å². The Morgan fingerprint density at radius 1 is 1.33 bits per heavy atom. The van der Waals surface area contributed by atoms with Gasteiger partial charge in [0, 0.05) is 6.04 Å². The number of rotatable bonds is 4. The first-order valence-corrected chi connectivity index (χ1v) is 5.52. The number of nitrogens with one attached hydrogen (secondary N) is 2. The first-order chi connectivity index (χ1) is 8.05. The van der Waals surface area contributed by atoms with Crippen LogP contribution in [0.4, 0.5) is 13.2 Å². The molecule has 0 aromatic carbocycles. The van der Waals surface area contributed by atoms with Crippen LogP contribution in [0.1, 0.15) is 26.7 Å². The number of hydrogen-bond donors (Lipinski definition) is 3. The van der Waals surface area contributed by atoms with E-state index in [9.17, 15) is 22.8 Å². The fraction of sp³-hybridized carbons (Fsp3) is 0.800. The third-order valence-corrected chi connectivity index (χ3v) is 2.73. The molecule has 1 rings (SSSR count). The largest absolute Gasteiger partial charge is 0.415 e. The van der Waals surface area contributed by atoms with Crippen LogP contribution in [-0.2, 0) is 9.59 Å². The van der Waals surface area contributed by atoms with Crippen LogP contribution in [0.15, 0.2) is 0 Å². The van der Waals surface area contributed by atoms with Gasteiger partial charge in [0.05, 0.1) is 0 Å². The van der Waals surface area contributed by atoms with E-state index in [0.717, 1.165) is 12.8 Å². The SMILES string of the molecule is CC(NC(=O)C(C)(N)C(F)(F)F)C(=O)NC1CC1. The van der Waals surface area contributed by atoms with E-state index in [1.807, 2.05) is 5.32 Å². The lowest BCUT2D eigenvalue weighted by atomic mass is 10.0. The zero-order valence-electron chi connectivity index (χ0n) is 10.1. The van der Waals surface area contributed by atoms with Crippen molar-refractivity contribution in [3.05, 3.63) is 0 Å². The predicted molar refractivity (Wildman–Crippen MR) is 57.4 cm³/mol. The third-order valence-electron chi connectivity index (χ3n) is 2.73. The van der Waals surface area contributed by atoms with Gasteiger partial charge in [0.15, 0.2) is 5.54 Å². The Morgan fingerprint density at radius 3 is 2.22 bits per heavy atom. The Labute approximate surface area is 102 Å². The average Bonchev–Trinajstić information content (AvgIpc) is 2.99. The fourth-order valence-electron chi connectivity index (χ4n) is 1.09. The van der Waals surface area contributed by atoms with Crippen molar-refractivity contribution in [3.8, 4) is 0 Å². The van der Waals surface area contributed by atoms with Gasteiger partial charge in [0.1, 0.15) is 6.04 Å². The number of halogens is 3. The van der Waals surface area contributed by atoms with Crippen molar-refractivity contribution in [3.63, 3.8) is 0 Å². The topological polar surface area (TPSA) is 84.2 Å². The molecule has 1 fully saturated rings. The average molecular weight is 267 g/mol. The van der Waals surface area contributed by atoms with Crippen molar-refractivity contribution in [2.75, 3.05) is 0 Å². The minimum atomic E-state index is -4.87. The van der Waals surface area contributed by atoms with E-state index in [2.05, 4.69) is 5.32 Å². The molecule has 2 amide bonds. The molecule has 1 aliphatic rings. The minimum Gasteiger partial charge on any atom is -0.352 e. The van der Waals surface area contributed by atoms with Gasteiger partial charge >= 0.3 is 6.18 Å². The first-order valence-electron chi connectivity index (χ1n) is 5.52. The van der Waals surface area contributed by atoms with E-state index in [1.54, 1.807) is 0 Å². The maximum atomic E-state index is 12.5. The van der Waals surface area contributed by atoms with Gasteiger partial charge in [0.2, 0.25) is 11.8 Å². The maximum Gasteiger partial charge on any atom is 0.415 e. The summed E-state index contributed by atoms with van der Waals surface area (Å²) in [6.07, 6.45) is -3.17. The molecule has 0 aromatic rings. The smallest absolute Gasteiger partial charge is 0.352 e. The predicted octanol–water partition coefficient (Wildman–Crippen LogP) is 0.0494. The highest BCUT2D eigenvalue weighted by Gasteiger charge is 2.54. The summed E-state index contributed by atoms with van der Waals surface area (Å²) in [6.45, 7) is 1.87. The summed E-state index contributed by atoms with van der Waals surface area (Å²) >= 11 is 0. The number of nitrogens with two attached hydrogens (primary N) is 1. The van der Waals surface area contributed by atoms with Gasteiger partial charge in [-0.1, -0.05) is 0 Å². The molecule has 0 radical (unpaired) electrons. The second kappa shape index (κ2) is 4.75.